The van der Waals surface area contributed by atoms with E-state index in [-0.39, 0.29) is 11.9 Å². The highest BCUT2D eigenvalue weighted by Gasteiger charge is 2.40. The van der Waals surface area contributed by atoms with E-state index in [1.807, 2.05) is 11.0 Å². The molecule has 1 saturated carbocycles. The molecule has 1 amide bonds. The zero-order chi connectivity index (χ0) is 13.7. The second-order valence-electron chi connectivity index (χ2n) is 5.84. The van der Waals surface area contributed by atoms with Crippen molar-refractivity contribution in [2.45, 2.75) is 18.9 Å². The van der Waals surface area contributed by atoms with Crippen LogP contribution in [-0.2, 0) is 0 Å². The average molecular weight is 293 g/mol. The lowest BCUT2D eigenvalue weighted by molar-refractivity contribution is 0.0691. The van der Waals surface area contributed by atoms with Crippen LogP contribution in [0.4, 0.5) is 0 Å². The number of nitrogens with zero attached hydrogens (tertiary/aromatic N) is 1. The molecule has 4 nitrogen and oxygen atoms in total. The Morgan fingerprint density at radius 1 is 1.40 bits per heavy atom. The summed E-state index contributed by atoms with van der Waals surface area (Å²) in [5.74, 6) is 1.56. The highest BCUT2D eigenvalue weighted by molar-refractivity contribution is 6.34. The average Bonchev–Trinajstić information content (AvgIpc) is 3.24. The molecule has 0 aromatic heterocycles. The zero-order valence-corrected chi connectivity index (χ0v) is 11.9. The van der Waals surface area contributed by atoms with E-state index >= 15 is 0 Å². The molecular weight excluding hydrogens is 276 g/mol. The van der Waals surface area contributed by atoms with Crippen LogP contribution >= 0.6 is 11.6 Å². The highest BCUT2D eigenvalue weighted by atomic mass is 35.5. The Bertz CT molecular complexity index is 571. The van der Waals surface area contributed by atoms with Crippen molar-refractivity contribution >= 4 is 17.5 Å². The third-order valence-corrected chi connectivity index (χ3v) is 4.65. The fourth-order valence-corrected chi connectivity index (χ4v) is 3.34. The third kappa shape index (κ3) is 1.98. The Morgan fingerprint density at radius 2 is 2.25 bits per heavy atom. The van der Waals surface area contributed by atoms with E-state index in [9.17, 15) is 4.79 Å². The Balaban J connectivity index is 1.67. The van der Waals surface area contributed by atoms with Crippen LogP contribution < -0.4 is 10.1 Å². The van der Waals surface area contributed by atoms with Crippen molar-refractivity contribution in [2.24, 2.45) is 5.92 Å². The van der Waals surface area contributed by atoms with E-state index in [2.05, 4.69) is 5.32 Å². The van der Waals surface area contributed by atoms with Crippen LogP contribution in [-0.4, -0.2) is 37.0 Å². The Labute approximate surface area is 123 Å². The van der Waals surface area contributed by atoms with Crippen LogP contribution in [0.5, 0.6) is 5.75 Å². The molecule has 1 N–H and O–H groups in total. The second-order valence-corrected chi connectivity index (χ2v) is 6.25. The van der Waals surface area contributed by atoms with Gasteiger partial charge in [0.25, 0.3) is 5.91 Å². The first-order chi connectivity index (χ1) is 9.74. The number of hydrogen-bond donors (Lipinski definition) is 1. The lowest BCUT2D eigenvalue weighted by Gasteiger charge is -2.30. The van der Waals surface area contributed by atoms with Gasteiger partial charge in [0.15, 0.2) is 0 Å². The normalized spacial score (nSPS) is 24.6. The topological polar surface area (TPSA) is 41.6 Å². The van der Waals surface area contributed by atoms with Crippen LogP contribution in [0.25, 0.3) is 0 Å². The number of amides is 1. The molecule has 1 atom stereocenters. The lowest BCUT2D eigenvalue weighted by atomic mass is 10.0. The Kier molecular flexibility index (Phi) is 2.89. The van der Waals surface area contributed by atoms with Gasteiger partial charge in [0.2, 0.25) is 0 Å². The highest BCUT2D eigenvalue weighted by Crippen LogP contribution is 2.41. The number of fused-ring (bicyclic) bond motifs is 3. The van der Waals surface area contributed by atoms with Gasteiger partial charge in [0.1, 0.15) is 5.75 Å². The molecule has 1 aromatic carbocycles. The van der Waals surface area contributed by atoms with E-state index in [0.29, 0.717) is 16.5 Å². The summed E-state index contributed by atoms with van der Waals surface area (Å²) in [5, 5.41) is 3.86. The maximum atomic E-state index is 12.4. The smallest absolute Gasteiger partial charge is 0.256 e. The van der Waals surface area contributed by atoms with E-state index < -0.39 is 0 Å². The third-order valence-electron chi connectivity index (χ3n) is 4.35. The molecule has 106 valence electrons. The van der Waals surface area contributed by atoms with E-state index in [4.69, 9.17) is 16.3 Å². The molecule has 20 heavy (non-hydrogen) atoms. The molecule has 2 heterocycles. The molecule has 5 heteroatoms. The van der Waals surface area contributed by atoms with Crippen LogP contribution in [0.1, 0.15) is 34.8 Å². The molecule has 1 aliphatic carbocycles. The summed E-state index contributed by atoms with van der Waals surface area (Å²) in [4.78, 5) is 14.3. The van der Waals surface area contributed by atoms with Gasteiger partial charge in [-0.25, -0.2) is 0 Å². The van der Waals surface area contributed by atoms with Crippen LogP contribution in [0.3, 0.4) is 0 Å². The molecule has 4 rings (SSSR count). The standard InChI is InChI=1S/C15H17ClN2O2/c16-12-6-10(20-8-9-1-2-9)5-11-13-7-17-3-4-18(13)15(19)14(11)12/h5-6,9,13,17H,1-4,7-8H2. The van der Waals surface area contributed by atoms with Gasteiger partial charge in [-0.1, -0.05) is 11.6 Å². The number of rotatable bonds is 3. The first-order valence-corrected chi connectivity index (χ1v) is 7.60. The molecule has 0 radical (unpaired) electrons. The molecular formula is C15H17ClN2O2. The van der Waals surface area contributed by atoms with Gasteiger partial charge in [0.05, 0.1) is 23.2 Å². The molecule has 1 saturated heterocycles. The molecule has 1 aromatic rings. The molecule has 0 spiro atoms. The van der Waals surface area contributed by atoms with Crippen molar-refractivity contribution in [2.75, 3.05) is 26.2 Å². The number of hydrogen-bond acceptors (Lipinski definition) is 3. The minimum atomic E-state index is 0.0604. The minimum Gasteiger partial charge on any atom is -0.493 e. The molecule has 2 fully saturated rings. The summed E-state index contributed by atoms with van der Waals surface area (Å²) in [5.41, 5.74) is 1.68. The van der Waals surface area contributed by atoms with Gasteiger partial charge in [-0.3, -0.25) is 4.79 Å². The van der Waals surface area contributed by atoms with E-state index in [0.717, 1.165) is 37.6 Å². The van der Waals surface area contributed by atoms with Crippen molar-refractivity contribution in [3.8, 4) is 5.75 Å². The summed E-state index contributed by atoms with van der Waals surface area (Å²) >= 11 is 6.32. The lowest BCUT2D eigenvalue weighted by Crippen LogP contribution is -2.44. The monoisotopic (exact) mass is 292 g/mol. The summed E-state index contributed by atoms with van der Waals surface area (Å²) in [6.45, 7) is 3.14. The van der Waals surface area contributed by atoms with Gasteiger partial charge in [-0.2, -0.15) is 0 Å². The van der Waals surface area contributed by atoms with Crippen molar-refractivity contribution in [3.63, 3.8) is 0 Å². The summed E-state index contributed by atoms with van der Waals surface area (Å²) in [6, 6.07) is 3.89. The molecule has 2 aliphatic heterocycles. The van der Waals surface area contributed by atoms with Crippen LogP contribution in [0.15, 0.2) is 12.1 Å². The fourth-order valence-electron chi connectivity index (χ4n) is 3.04. The van der Waals surface area contributed by atoms with Gasteiger partial charge < -0.3 is 15.0 Å². The maximum absolute atomic E-state index is 12.4. The molecule has 0 bridgehead atoms. The van der Waals surface area contributed by atoms with Crippen molar-refractivity contribution in [1.29, 1.82) is 0 Å². The van der Waals surface area contributed by atoms with E-state index in [1.54, 1.807) is 6.07 Å². The van der Waals surface area contributed by atoms with E-state index in [1.165, 1.54) is 12.8 Å². The Hall–Kier alpha value is -1.26. The fraction of sp³-hybridized carbons (Fsp3) is 0.533. The van der Waals surface area contributed by atoms with Crippen LogP contribution in [0, 0.1) is 5.92 Å². The number of benzene rings is 1. The van der Waals surface area contributed by atoms with Crippen LogP contribution in [0.2, 0.25) is 5.02 Å². The van der Waals surface area contributed by atoms with Crippen molar-refractivity contribution in [1.82, 2.24) is 10.2 Å². The second kappa shape index (κ2) is 4.64. The summed E-state index contributed by atoms with van der Waals surface area (Å²) in [7, 11) is 0. The predicted molar refractivity (Wildman–Crippen MR) is 76.3 cm³/mol. The van der Waals surface area contributed by atoms with Gasteiger partial charge in [-0.15, -0.1) is 0 Å². The first kappa shape index (κ1) is 12.5. The van der Waals surface area contributed by atoms with Gasteiger partial charge in [-0.05, 0) is 36.5 Å². The predicted octanol–water partition coefficient (Wildman–Crippen LogP) is 2.23. The molecule has 3 aliphatic rings. The number of piperazine rings is 1. The number of carbonyl (C=O) groups excluding carboxylic acids is 1. The molecule has 1 unspecified atom stereocenters. The first-order valence-electron chi connectivity index (χ1n) is 7.22. The minimum absolute atomic E-state index is 0.0604. The zero-order valence-electron chi connectivity index (χ0n) is 11.2. The number of nitrogens with one attached hydrogen (secondary N) is 1. The summed E-state index contributed by atoms with van der Waals surface area (Å²) < 4.78 is 5.82. The maximum Gasteiger partial charge on any atom is 0.256 e. The number of ether oxygens (including phenoxy) is 1. The quantitative estimate of drug-likeness (QED) is 0.929. The van der Waals surface area contributed by atoms with Gasteiger partial charge >= 0.3 is 0 Å². The Morgan fingerprint density at radius 3 is 3.05 bits per heavy atom. The SMILES string of the molecule is O=C1c2c(Cl)cc(OCC3CC3)cc2C2CNCCN12. The largest absolute Gasteiger partial charge is 0.493 e. The number of carbonyl (C=O) groups is 1. The van der Waals surface area contributed by atoms with Crippen molar-refractivity contribution in [3.05, 3.63) is 28.3 Å². The summed E-state index contributed by atoms with van der Waals surface area (Å²) in [6.07, 6.45) is 2.52. The van der Waals surface area contributed by atoms with Crippen molar-refractivity contribution < 1.29 is 9.53 Å². The van der Waals surface area contributed by atoms with Gasteiger partial charge in [0, 0.05) is 19.6 Å². The number of halogens is 1.